The van der Waals surface area contributed by atoms with Gasteiger partial charge < -0.3 is 10.1 Å². The molecule has 0 fully saturated rings. The van der Waals surface area contributed by atoms with Crippen molar-refractivity contribution in [2.75, 3.05) is 12.4 Å². The summed E-state index contributed by atoms with van der Waals surface area (Å²) in [6.45, 7) is 0.633. The van der Waals surface area contributed by atoms with E-state index in [1.807, 2.05) is 18.2 Å². The topological polar surface area (TPSA) is 64.1 Å². The van der Waals surface area contributed by atoms with Crippen LogP contribution in [0.3, 0.4) is 0 Å². The monoisotopic (exact) mass is 369 g/mol. The SMILES string of the molecule is COC(=O)c1ccc(CNc2ccnc(I)n2)cc1. The smallest absolute Gasteiger partial charge is 0.337 e. The third-order valence-corrected chi connectivity index (χ3v) is 2.99. The predicted octanol–water partition coefficient (Wildman–Crippen LogP) is 2.48. The Morgan fingerprint density at radius 3 is 2.68 bits per heavy atom. The van der Waals surface area contributed by atoms with Gasteiger partial charge in [0.2, 0.25) is 0 Å². The molecule has 1 N–H and O–H groups in total. The molecule has 0 aliphatic heterocycles. The number of anilines is 1. The fraction of sp³-hybridized carbons (Fsp3) is 0.154. The van der Waals surface area contributed by atoms with E-state index in [4.69, 9.17) is 0 Å². The molecule has 0 unspecified atom stereocenters. The molecule has 0 atom stereocenters. The zero-order valence-electron chi connectivity index (χ0n) is 10.3. The van der Waals surface area contributed by atoms with Gasteiger partial charge in [0.15, 0.2) is 3.83 Å². The molecular formula is C13H12IN3O2. The molecule has 6 heteroatoms. The number of ether oxygens (including phenoxy) is 1. The number of aromatic nitrogens is 2. The molecule has 0 saturated carbocycles. The Bertz CT molecular complexity index is 572. The van der Waals surface area contributed by atoms with Crippen LogP contribution >= 0.6 is 22.6 Å². The molecule has 0 aliphatic rings. The quantitative estimate of drug-likeness (QED) is 0.510. The molecule has 98 valence electrons. The van der Waals surface area contributed by atoms with Crippen LogP contribution in [0, 0.1) is 3.83 Å². The summed E-state index contributed by atoms with van der Waals surface area (Å²) in [4.78, 5) is 19.5. The maximum absolute atomic E-state index is 11.3. The number of esters is 1. The van der Waals surface area contributed by atoms with Gasteiger partial charge in [-0.25, -0.2) is 14.8 Å². The van der Waals surface area contributed by atoms with E-state index >= 15 is 0 Å². The number of methoxy groups -OCH3 is 1. The first-order valence-corrected chi connectivity index (χ1v) is 6.66. The summed E-state index contributed by atoms with van der Waals surface area (Å²) in [7, 11) is 1.37. The number of rotatable bonds is 4. The van der Waals surface area contributed by atoms with Gasteiger partial charge in [0.1, 0.15) is 5.82 Å². The van der Waals surface area contributed by atoms with Gasteiger partial charge >= 0.3 is 5.97 Å². The van der Waals surface area contributed by atoms with E-state index in [0.717, 1.165) is 11.4 Å². The Balaban J connectivity index is 1.98. The second-order valence-electron chi connectivity index (χ2n) is 3.75. The Kier molecular flexibility index (Phi) is 4.67. The van der Waals surface area contributed by atoms with Gasteiger partial charge in [0.05, 0.1) is 12.7 Å². The van der Waals surface area contributed by atoms with Crippen LogP contribution in [0.1, 0.15) is 15.9 Å². The zero-order valence-corrected chi connectivity index (χ0v) is 12.4. The number of nitrogens with one attached hydrogen (secondary N) is 1. The van der Waals surface area contributed by atoms with E-state index in [1.54, 1.807) is 18.3 Å². The lowest BCUT2D eigenvalue weighted by molar-refractivity contribution is 0.0600. The van der Waals surface area contributed by atoms with Crippen LogP contribution in [0.5, 0.6) is 0 Å². The highest BCUT2D eigenvalue weighted by Crippen LogP contribution is 2.09. The number of carbonyl (C=O) groups excluding carboxylic acids is 1. The number of benzene rings is 1. The van der Waals surface area contributed by atoms with E-state index in [2.05, 4.69) is 42.6 Å². The lowest BCUT2D eigenvalue weighted by atomic mass is 10.1. The van der Waals surface area contributed by atoms with Crippen molar-refractivity contribution >= 4 is 34.4 Å². The van der Waals surface area contributed by atoms with E-state index in [1.165, 1.54) is 7.11 Å². The van der Waals surface area contributed by atoms with E-state index < -0.39 is 0 Å². The first-order valence-electron chi connectivity index (χ1n) is 5.58. The fourth-order valence-electron chi connectivity index (χ4n) is 1.50. The number of halogens is 1. The molecule has 5 nitrogen and oxygen atoms in total. The van der Waals surface area contributed by atoms with Crippen molar-refractivity contribution in [3.05, 3.63) is 51.5 Å². The van der Waals surface area contributed by atoms with E-state index in [9.17, 15) is 4.79 Å². The second-order valence-corrected chi connectivity index (χ2v) is 4.72. The molecule has 0 bridgehead atoms. The number of hydrogen-bond acceptors (Lipinski definition) is 5. The number of carbonyl (C=O) groups is 1. The molecule has 1 heterocycles. The first-order chi connectivity index (χ1) is 9.19. The van der Waals surface area contributed by atoms with E-state index in [-0.39, 0.29) is 5.97 Å². The summed E-state index contributed by atoms with van der Waals surface area (Å²) in [5, 5.41) is 3.19. The molecule has 19 heavy (non-hydrogen) atoms. The summed E-state index contributed by atoms with van der Waals surface area (Å²) >= 11 is 2.06. The third-order valence-electron chi connectivity index (χ3n) is 2.47. The van der Waals surface area contributed by atoms with Crippen LogP contribution < -0.4 is 5.32 Å². The summed E-state index contributed by atoms with van der Waals surface area (Å²) in [6.07, 6.45) is 1.71. The largest absolute Gasteiger partial charge is 0.465 e. The van der Waals surface area contributed by atoms with Gasteiger partial charge in [0, 0.05) is 35.3 Å². The third kappa shape index (κ3) is 3.88. The standard InChI is InChI=1S/C13H12IN3O2/c1-19-12(18)10-4-2-9(3-5-10)8-16-11-6-7-15-13(14)17-11/h2-7H,8H2,1H3,(H,15,16,17). The van der Waals surface area contributed by atoms with Crippen LogP contribution in [0.15, 0.2) is 36.5 Å². The van der Waals surface area contributed by atoms with Crippen LogP contribution in [-0.4, -0.2) is 23.0 Å². The molecule has 0 radical (unpaired) electrons. The van der Waals surface area contributed by atoms with Crippen molar-refractivity contribution in [1.82, 2.24) is 9.97 Å². The predicted molar refractivity (Wildman–Crippen MR) is 79.9 cm³/mol. The van der Waals surface area contributed by atoms with Crippen LogP contribution in [0.2, 0.25) is 0 Å². The van der Waals surface area contributed by atoms with Crippen LogP contribution in [0.25, 0.3) is 0 Å². The lowest BCUT2D eigenvalue weighted by Crippen LogP contribution is -2.04. The van der Waals surface area contributed by atoms with Crippen molar-refractivity contribution < 1.29 is 9.53 Å². The number of hydrogen-bond donors (Lipinski definition) is 1. The van der Waals surface area contributed by atoms with Crippen molar-refractivity contribution in [3.8, 4) is 0 Å². The van der Waals surface area contributed by atoms with Crippen molar-refractivity contribution in [2.45, 2.75) is 6.54 Å². The maximum Gasteiger partial charge on any atom is 0.337 e. The molecule has 0 saturated heterocycles. The molecule has 0 amide bonds. The van der Waals surface area contributed by atoms with Crippen molar-refractivity contribution in [1.29, 1.82) is 0 Å². The molecule has 2 aromatic rings. The van der Waals surface area contributed by atoms with Gasteiger partial charge in [-0.1, -0.05) is 12.1 Å². The summed E-state index contributed by atoms with van der Waals surface area (Å²) in [6, 6.07) is 9.06. The Morgan fingerprint density at radius 2 is 2.05 bits per heavy atom. The van der Waals surface area contributed by atoms with Gasteiger partial charge in [-0.05, 0) is 23.8 Å². The highest BCUT2D eigenvalue weighted by atomic mass is 127. The molecule has 0 spiro atoms. The maximum atomic E-state index is 11.3. The minimum Gasteiger partial charge on any atom is -0.465 e. The zero-order chi connectivity index (χ0) is 13.7. The Hall–Kier alpha value is -1.70. The molecule has 1 aromatic carbocycles. The second kappa shape index (κ2) is 6.46. The average Bonchev–Trinajstić information content (AvgIpc) is 2.45. The summed E-state index contributed by atoms with van der Waals surface area (Å²) in [5.74, 6) is 0.446. The van der Waals surface area contributed by atoms with Gasteiger partial charge in [-0.15, -0.1) is 0 Å². The normalized spacial score (nSPS) is 10.0. The Morgan fingerprint density at radius 1 is 1.32 bits per heavy atom. The van der Waals surface area contributed by atoms with Gasteiger partial charge in [-0.3, -0.25) is 0 Å². The highest BCUT2D eigenvalue weighted by Gasteiger charge is 2.04. The van der Waals surface area contributed by atoms with Gasteiger partial charge in [0.25, 0.3) is 0 Å². The highest BCUT2D eigenvalue weighted by molar-refractivity contribution is 14.1. The molecule has 2 rings (SSSR count). The van der Waals surface area contributed by atoms with E-state index in [0.29, 0.717) is 15.9 Å². The van der Waals surface area contributed by atoms with Gasteiger partial charge in [-0.2, -0.15) is 0 Å². The number of nitrogens with zero attached hydrogens (tertiary/aromatic N) is 2. The summed E-state index contributed by atoms with van der Waals surface area (Å²) < 4.78 is 5.34. The molecule has 1 aromatic heterocycles. The van der Waals surface area contributed by atoms with Crippen molar-refractivity contribution in [3.63, 3.8) is 0 Å². The van der Waals surface area contributed by atoms with Crippen LogP contribution in [-0.2, 0) is 11.3 Å². The average molecular weight is 369 g/mol. The molecule has 0 aliphatic carbocycles. The summed E-state index contributed by atoms with van der Waals surface area (Å²) in [5.41, 5.74) is 1.60. The fourth-order valence-corrected chi connectivity index (χ4v) is 1.92. The van der Waals surface area contributed by atoms with Crippen molar-refractivity contribution in [2.24, 2.45) is 0 Å². The minimum atomic E-state index is -0.329. The van der Waals surface area contributed by atoms with Crippen LogP contribution in [0.4, 0.5) is 5.82 Å². The Labute approximate surface area is 124 Å². The first kappa shape index (κ1) is 13.7. The minimum absolute atomic E-state index is 0.329. The lowest BCUT2D eigenvalue weighted by Gasteiger charge is -2.06. The molecular weight excluding hydrogens is 357 g/mol.